The van der Waals surface area contributed by atoms with E-state index in [1.54, 1.807) is 13.0 Å². The van der Waals surface area contributed by atoms with Crippen LogP contribution in [0.5, 0.6) is 11.5 Å². The second kappa shape index (κ2) is 6.79. The van der Waals surface area contributed by atoms with Crippen LogP contribution in [-0.4, -0.2) is 33.7 Å². The Morgan fingerprint density at radius 3 is 2.29 bits per heavy atom. The number of carboxylic acid groups (broad SMARTS) is 1. The Morgan fingerprint density at radius 2 is 1.71 bits per heavy atom. The fourth-order valence-electron chi connectivity index (χ4n) is 2.13. The quantitative estimate of drug-likeness (QED) is 0.829. The number of rotatable bonds is 6. The highest BCUT2D eigenvalue weighted by molar-refractivity contribution is 7.92. The number of aryl methyl sites for hydroxylation is 1. The minimum absolute atomic E-state index is 0.0998. The van der Waals surface area contributed by atoms with Crippen LogP contribution < -0.4 is 14.2 Å². The summed E-state index contributed by atoms with van der Waals surface area (Å²) in [5.41, 5.74) is 0.606. The number of hydrogen-bond acceptors (Lipinski definition) is 5. The highest BCUT2D eigenvalue weighted by Gasteiger charge is 2.20. The van der Waals surface area contributed by atoms with Crippen LogP contribution in [0.3, 0.4) is 0 Å². The molecule has 24 heavy (non-hydrogen) atoms. The summed E-state index contributed by atoms with van der Waals surface area (Å²) in [5.74, 6) is -0.365. The first-order chi connectivity index (χ1) is 11.3. The predicted octanol–water partition coefficient (Wildman–Crippen LogP) is 2.51. The smallest absolute Gasteiger partial charge is 0.335 e. The molecule has 0 unspecified atom stereocenters. The highest BCUT2D eigenvalue weighted by Crippen LogP contribution is 2.31. The molecule has 0 aliphatic carbocycles. The molecule has 0 radical (unpaired) electrons. The van der Waals surface area contributed by atoms with Crippen molar-refractivity contribution in [2.24, 2.45) is 0 Å². The van der Waals surface area contributed by atoms with Gasteiger partial charge in [0.1, 0.15) is 0 Å². The van der Waals surface area contributed by atoms with E-state index in [0.717, 1.165) is 6.07 Å². The highest BCUT2D eigenvalue weighted by atomic mass is 32.2. The number of carboxylic acids is 1. The number of nitrogens with one attached hydrogen (secondary N) is 1. The van der Waals surface area contributed by atoms with Crippen molar-refractivity contribution < 1.29 is 27.8 Å². The van der Waals surface area contributed by atoms with Crippen molar-refractivity contribution in [1.82, 2.24) is 0 Å². The zero-order chi connectivity index (χ0) is 17.9. The average molecular weight is 351 g/mol. The maximum Gasteiger partial charge on any atom is 0.335 e. The van der Waals surface area contributed by atoms with E-state index in [1.807, 2.05) is 0 Å². The fourth-order valence-corrected chi connectivity index (χ4v) is 3.45. The van der Waals surface area contributed by atoms with Crippen molar-refractivity contribution in [3.8, 4) is 11.5 Å². The van der Waals surface area contributed by atoms with Gasteiger partial charge in [0, 0.05) is 6.07 Å². The standard InChI is InChI=1S/C16H17NO6S/c1-10-4-5-11(16(18)19)8-15(10)24(20,21)17-12-6-7-13(22-2)14(9-12)23-3/h4-9,17H,1-3H3,(H,18,19). The number of benzene rings is 2. The molecule has 2 rings (SSSR count). The molecule has 0 heterocycles. The van der Waals surface area contributed by atoms with Gasteiger partial charge in [-0.1, -0.05) is 6.07 Å². The summed E-state index contributed by atoms with van der Waals surface area (Å²) in [5, 5.41) is 9.04. The van der Waals surface area contributed by atoms with Crippen molar-refractivity contribution in [3.05, 3.63) is 47.5 Å². The summed E-state index contributed by atoms with van der Waals surface area (Å²) >= 11 is 0. The van der Waals surface area contributed by atoms with Gasteiger partial charge in [-0.25, -0.2) is 13.2 Å². The summed E-state index contributed by atoms with van der Waals surface area (Å²) in [6.07, 6.45) is 0. The van der Waals surface area contributed by atoms with Crippen molar-refractivity contribution in [3.63, 3.8) is 0 Å². The van der Waals surface area contributed by atoms with Gasteiger partial charge < -0.3 is 14.6 Å². The van der Waals surface area contributed by atoms with Crippen molar-refractivity contribution in [2.75, 3.05) is 18.9 Å². The van der Waals surface area contributed by atoms with Crippen LogP contribution in [-0.2, 0) is 10.0 Å². The molecule has 0 atom stereocenters. The molecule has 2 aromatic carbocycles. The molecule has 0 fully saturated rings. The molecule has 0 saturated carbocycles. The molecule has 8 heteroatoms. The van der Waals surface area contributed by atoms with Gasteiger partial charge in [-0.15, -0.1) is 0 Å². The lowest BCUT2D eigenvalue weighted by atomic mass is 10.1. The number of anilines is 1. The van der Waals surface area contributed by atoms with Crippen LogP contribution in [0, 0.1) is 6.92 Å². The maximum absolute atomic E-state index is 12.6. The first-order valence-electron chi connectivity index (χ1n) is 6.87. The van der Waals surface area contributed by atoms with Crippen LogP contribution in [0.15, 0.2) is 41.3 Å². The molecule has 0 bridgehead atoms. The van der Waals surface area contributed by atoms with E-state index in [4.69, 9.17) is 14.6 Å². The molecule has 2 N–H and O–H groups in total. The minimum Gasteiger partial charge on any atom is -0.493 e. The first kappa shape index (κ1) is 17.6. The van der Waals surface area contributed by atoms with Gasteiger partial charge in [-0.3, -0.25) is 4.72 Å². The zero-order valence-electron chi connectivity index (χ0n) is 13.4. The van der Waals surface area contributed by atoms with E-state index in [1.165, 1.54) is 38.5 Å². The molecule has 128 valence electrons. The third-order valence-electron chi connectivity index (χ3n) is 3.36. The van der Waals surface area contributed by atoms with Crippen molar-refractivity contribution in [1.29, 1.82) is 0 Å². The zero-order valence-corrected chi connectivity index (χ0v) is 14.2. The number of hydrogen-bond donors (Lipinski definition) is 2. The Bertz CT molecular complexity index is 876. The van der Waals surface area contributed by atoms with Crippen LogP contribution >= 0.6 is 0 Å². The Morgan fingerprint density at radius 1 is 1.04 bits per heavy atom. The van der Waals surface area contributed by atoms with Gasteiger partial charge in [0.15, 0.2) is 11.5 Å². The molecular weight excluding hydrogens is 334 g/mol. The van der Waals surface area contributed by atoms with Crippen LogP contribution in [0.25, 0.3) is 0 Å². The first-order valence-corrected chi connectivity index (χ1v) is 8.35. The minimum atomic E-state index is -3.95. The van der Waals surface area contributed by atoms with Crippen LogP contribution in [0.4, 0.5) is 5.69 Å². The predicted molar refractivity (Wildman–Crippen MR) is 88.5 cm³/mol. The van der Waals surface area contributed by atoms with E-state index < -0.39 is 16.0 Å². The molecule has 2 aromatic rings. The molecule has 0 spiro atoms. The number of aromatic carboxylic acids is 1. The third-order valence-corrected chi connectivity index (χ3v) is 4.88. The molecule has 0 aliphatic rings. The molecule has 0 aliphatic heterocycles. The number of carbonyl (C=O) groups is 1. The molecule has 0 aromatic heterocycles. The van der Waals surface area contributed by atoms with Crippen molar-refractivity contribution >= 4 is 21.7 Å². The lowest BCUT2D eigenvalue weighted by Gasteiger charge is -2.13. The van der Waals surface area contributed by atoms with Crippen molar-refractivity contribution in [2.45, 2.75) is 11.8 Å². The summed E-state index contributed by atoms with van der Waals surface area (Å²) in [7, 11) is -1.04. The Kier molecular flexibility index (Phi) is 4.99. The van der Waals surface area contributed by atoms with Gasteiger partial charge in [0.05, 0.1) is 30.4 Å². The van der Waals surface area contributed by atoms with Gasteiger partial charge in [0.25, 0.3) is 10.0 Å². The van der Waals surface area contributed by atoms with E-state index in [2.05, 4.69) is 4.72 Å². The summed E-state index contributed by atoms with van der Waals surface area (Å²) in [6, 6.07) is 8.50. The summed E-state index contributed by atoms with van der Waals surface area (Å²) < 4.78 is 37.8. The number of sulfonamides is 1. The molecular formula is C16H17NO6S. The monoisotopic (exact) mass is 351 g/mol. The SMILES string of the molecule is COc1ccc(NS(=O)(=O)c2cc(C(=O)O)ccc2C)cc1OC. The average Bonchev–Trinajstić information content (AvgIpc) is 2.54. The van der Waals surface area contributed by atoms with Gasteiger partial charge in [0.2, 0.25) is 0 Å². The van der Waals surface area contributed by atoms with E-state index in [0.29, 0.717) is 17.1 Å². The second-order valence-corrected chi connectivity index (χ2v) is 6.61. The third kappa shape index (κ3) is 3.60. The Labute approximate surface area is 139 Å². The van der Waals surface area contributed by atoms with E-state index in [-0.39, 0.29) is 16.1 Å². The van der Waals surface area contributed by atoms with Crippen LogP contribution in [0.2, 0.25) is 0 Å². The lowest BCUT2D eigenvalue weighted by molar-refractivity contribution is 0.0696. The molecule has 7 nitrogen and oxygen atoms in total. The van der Waals surface area contributed by atoms with Crippen LogP contribution in [0.1, 0.15) is 15.9 Å². The van der Waals surface area contributed by atoms with Gasteiger partial charge in [-0.2, -0.15) is 0 Å². The molecule has 0 amide bonds. The summed E-state index contributed by atoms with van der Waals surface area (Å²) in [4.78, 5) is 11.0. The normalized spacial score (nSPS) is 11.0. The maximum atomic E-state index is 12.6. The van der Waals surface area contributed by atoms with Gasteiger partial charge in [-0.05, 0) is 36.8 Å². The van der Waals surface area contributed by atoms with E-state index >= 15 is 0 Å². The largest absolute Gasteiger partial charge is 0.493 e. The Hall–Kier alpha value is -2.74. The molecule has 0 saturated heterocycles. The number of methoxy groups -OCH3 is 2. The summed E-state index contributed by atoms with van der Waals surface area (Å²) in [6.45, 7) is 1.59. The number of ether oxygens (including phenoxy) is 2. The lowest BCUT2D eigenvalue weighted by Crippen LogP contribution is -2.15. The fraction of sp³-hybridized carbons (Fsp3) is 0.188. The Balaban J connectivity index is 2.42. The van der Waals surface area contributed by atoms with Gasteiger partial charge >= 0.3 is 5.97 Å². The van der Waals surface area contributed by atoms with E-state index in [9.17, 15) is 13.2 Å². The topological polar surface area (TPSA) is 102 Å². The second-order valence-electron chi connectivity index (χ2n) is 4.96.